The van der Waals surface area contributed by atoms with Gasteiger partial charge in [0.1, 0.15) is 5.82 Å². The van der Waals surface area contributed by atoms with E-state index in [4.69, 9.17) is 15.3 Å². The number of ether oxygens (including phenoxy) is 2. The molecule has 102 valence electrons. The van der Waals surface area contributed by atoms with Gasteiger partial charge in [-0.15, -0.1) is 0 Å². The summed E-state index contributed by atoms with van der Waals surface area (Å²) >= 11 is 0. The van der Waals surface area contributed by atoms with E-state index < -0.39 is 0 Å². The van der Waals surface area contributed by atoms with Crippen LogP contribution in [0, 0.1) is 12.7 Å². The van der Waals surface area contributed by atoms with Crippen molar-refractivity contribution in [2.45, 2.75) is 19.4 Å². The molecule has 1 aromatic carbocycles. The summed E-state index contributed by atoms with van der Waals surface area (Å²) in [5.74, 6) is 5.26. The summed E-state index contributed by atoms with van der Waals surface area (Å²) in [6, 6.07) is 4.60. The highest BCUT2D eigenvalue weighted by atomic mass is 19.1. The third kappa shape index (κ3) is 4.70. The molecule has 1 aromatic rings. The fourth-order valence-electron chi connectivity index (χ4n) is 1.76. The Hall–Kier alpha value is -1.01. The molecule has 0 aliphatic carbocycles. The maximum atomic E-state index is 13.2. The minimum absolute atomic E-state index is 0.108. The average molecular weight is 256 g/mol. The van der Waals surface area contributed by atoms with Crippen molar-refractivity contribution in [1.82, 2.24) is 5.43 Å². The fraction of sp³-hybridized carbons (Fsp3) is 0.538. The topological polar surface area (TPSA) is 56.5 Å². The van der Waals surface area contributed by atoms with E-state index in [0.717, 1.165) is 11.1 Å². The van der Waals surface area contributed by atoms with Gasteiger partial charge in [0.2, 0.25) is 0 Å². The SMILES string of the molecule is COCCOCCC(NN)c1cc(F)ccc1C. The van der Waals surface area contributed by atoms with E-state index in [9.17, 15) is 4.39 Å². The van der Waals surface area contributed by atoms with Crippen LogP contribution in [0.25, 0.3) is 0 Å². The first-order chi connectivity index (χ1) is 8.69. The van der Waals surface area contributed by atoms with Crippen LogP contribution in [0.2, 0.25) is 0 Å². The maximum absolute atomic E-state index is 13.2. The second-order valence-corrected chi connectivity index (χ2v) is 4.11. The number of nitrogens with one attached hydrogen (secondary N) is 1. The molecule has 0 amide bonds. The first-order valence-corrected chi connectivity index (χ1v) is 5.98. The zero-order valence-corrected chi connectivity index (χ0v) is 10.9. The summed E-state index contributed by atoms with van der Waals surface area (Å²) < 4.78 is 23.5. The van der Waals surface area contributed by atoms with Gasteiger partial charge in [-0.3, -0.25) is 11.3 Å². The van der Waals surface area contributed by atoms with E-state index in [1.165, 1.54) is 12.1 Å². The number of hydrogen-bond acceptors (Lipinski definition) is 4. The second-order valence-electron chi connectivity index (χ2n) is 4.11. The van der Waals surface area contributed by atoms with Crippen LogP contribution in [0.3, 0.4) is 0 Å². The van der Waals surface area contributed by atoms with E-state index in [2.05, 4.69) is 5.43 Å². The summed E-state index contributed by atoms with van der Waals surface area (Å²) in [6.07, 6.45) is 0.685. The Morgan fingerprint density at radius 1 is 1.33 bits per heavy atom. The average Bonchev–Trinajstić information content (AvgIpc) is 2.37. The van der Waals surface area contributed by atoms with E-state index in [1.807, 2.05) is 6.92 Å². The third-order valence-electron chi connectivity index (χ3n) is 2.80. The number of hydrogen-bond donors (Lipinski definition) is 2. The lowest BCUT2D eigenvalue weighted by atomic mass is 9.99. The highest BCUT2D eigenvalue weighted by molar-refractivity contribution is 5.29. The van der Waals surface area contributed by atoms with Crippen LogP contribution in [0.15, 0.2) is 18.2 Å². The van der Waals surface area contributed by atoms with Gasteiger partial charge in [0.25, 0.3) is 0 Å². The molecule has 0 aliphatic heterocycles. The van der Waals surface area contributed by atoms with E-state index in [0.29, 0.717) is 26.2 Å². The molecule has 0 aliphatic rings. The van der Waals surface area contributed by atoms with Crippen LogP contribution in [-0.2, 0) is 9.47 Å². The standard InChI is InChI=1S/C13H21FN2O2/c1-10-3-4-11(14)9-12(10)13(16-15)5-6-18-8-7-17-2/h3-4,9,13,16H,5-8,15H2,1-2H3. The predicted octanol–water partition coefficient (Wildman–Crippen LogP) is 1.69. The molecule has 0 heterocycles. The molecule has 0 fully saturated rings. The number of benzene rings is 1. The quantitative estimate of drug-likeness (QED) is 0.422. The largest absolute Gasteiger partial charge is 0.382 e. The van der Waals surface area contributed by atoms with E-state index >= 15 is 0 Å². The molecule has 0 saturated heterocycles. The molecule has 3 N–H and O–H groups in total. The Kier molecular flexibility index (Phi) is 6.82. The molecule has 1 rings (SSSR count). The molecule has 0 spiro atoms. The van der Waals surface area contributed by atoms with Crippen molar-refractivity contribution in [3.05, 3.63) is 35.1 Å². The maximum Gasteiger partial charge on any atom is 0.123 e. The van der Waals surface area contributed by atoms with Crippen LogP contribution in [0.4, 0.5) is 4.39 Å². The van der Waals surface area contributed by atoms with Crippen molar-refractivity contribution >= 4 is 0 Å². The summed E-state index contributed by atoms with van der Waals surface area (Å²) in [6.45, 7) is 3.61. The van der Waals surface area contributed by atoms with Gasteiger partial charge in [-0.05, 0) is 36.6 Å². The Morgan fingerprint density at radius 3 is 2.78 bits per heavy atom. The third-order valence-corrected chi connectivity index (χ3v) is 2.80. The first kappa shape index (κ1) is 15.0. The number of halogens is 1. The van der Waals surface area contributed by atoms with Crippen molar-refractivity contribution in [3.8, 4) is 0 Å². The van der Waals surface area contributed by atoms with Gasteiger partial charge in [-0.25, -0.2) is 4.39 Å². The Morgan fingerprint density at radius 2 is 2.11 bits per heavy atom. The Labute approximate surface area is 107 Å². The van der Waals surface area contributed by atoms with Crippen molar-refractivity contribution in [3.63, 3.8) is 0 Å². The summed E-state index contributed by atoms with van der Waals surface area (Å²) in [5, 5.41) is 0. The summed E-state index contributed by atoms with van der Waals surface area (Å²) in [5.41, 5.74) is 4.58. The van der Waals surface area contributed by atoms with Crippen LogP contribution in [-0.4, -0.2) is 26.9 Å². The number of nitrogens with two attached hydrogens (primary N) is 1. The van der Waals surface area contributed by atoms with Gasteiger partial charge in [0.05, 0.1) is 13.2 Å². The highest BCUT2D eigenvalue weighted by Gasteiger charge is 2.12. The summed E-state index contributed by atoms with van der Waals surface area (Å²) in [4.78, 5) is 0. The molecule has 5 heteroatoms. The van der Waals surface area contributed by atoms with Crippen LogP contribution in [0.1, 0.15) is 23.6 Å². The second kappa shape index (κ2) is 8.16. The molecular weight excluding hydrogens is 235 g/mol. The zero-order chi connectivity index (χ0) is 13.4. The van der Waals surface area contributed by atoms with Gasteiger partial charge >= 0.3 is 0 Å². The molecular formula is C13H21FN2O2. The van der Waals surface area contributed by atoms with Crippen molar-refractivity contribution in [1.29, 1.82) is 0 Å². The van der Waals surface area contributed by atoms with E-state index in [1.54, 1.807) is 13.2 Å². The van der Waals surface area contributed by atoms with Crippen molar-refractivity contribution in [2.24, 2.45) is 5.84 Å². The van der Waals surface area contributed by atoms with Gasteiger partial charge in [0, 0.05) is 19.8 Å². The number of aryl methyl sites for hydroxylation is 1. The van der Waals surface area contributed by atoms with Crippen LogP contribution in [0.5, 0.6) is 0 Å². The smallest absolute Gasteiger partial charge is 0.123 e. The normalized spacial score (nSPS) is 12.7. The molecule has 1 unspecified atom stereocenters. The molecule has 1 atom stereocenters. The lowest BCUT2D eigenvalue weighted by Crippen LogP contribution is -2.29. The predicted molar refractivity (Wildman–Crippen MR) is 68.5 cm³/mol. The Bertz CT molecular complexity index is 361. The highest BCUT2D eigenvalue weighted by Crippen LogP contribution is 2.21. The van der Waals surface area contributed by atoms with Gasteiger partial charge in [0.15, 0.2) is 0 Å². The lowest BCUT2D eigenvalue weighted by molar-refractivity contribution is 0.0657. The molecule has 0 bridgehead atoms. The molecule has 0 radical (unpaired) electrons. The monoisotopic (exact) mass is 256 g/mol. The first-order valence-electron chi connectivity index (χ1n) is 5.98. The van der Waals surface area contributed by atoms with Crippen LogP contribution >= 0.6 is 0 Å². The molecule has 18 heavy (non-hydrogen) atoms. The number of methoxy groups -OCH3 is 1. The molecule has 0 saturated carbocycles. The Balaban J connectivity index is 2.52. The number of rotatable bonds is 8. The van der Waals surface area contributed by atoms with Crippen molar-refractivity contribution in [2.75, 3.05) is 26.9 Å². The molecule has 4 nitrogen and oxygen atoms in total. The lowest BCUT2D eigenvalue weighted by Gasteiger charge is -2.18. The van der Waals surface area contributed by atoms with E-state index in [-0.39, 0.29) is 11.9 Å². The minimum Gasteiger partial charge on any atom is -0.382 e. The minimum atomic E-state index is -0.254. The van der Waals surface area contributed by atoms with Crippen molar-refractivity contribution < 1.29 is 13.9 Å². The van der Waals surface area contributed by atoms with Crippen LogP contribution < -0.4 is 11.3 Å². The van der Waals surface area contributed by atoms with Gasteiger partial charge < -0.3 is 9.47 Å². The summed E-state index contributed by atoms with van der Waals surface area (Å²) in [7, 11) is 1.63. The fourth-order valence-corrected chi connectivity index (χ4v) is 1.76. The van der Waals surface area contributed by atoms with Gasteiger partial charge in [-0.2, -0.15) is 0 Å². The zero-order valence-electron chi connectivity index (χ0n) is 10.9. The molecule has 0 aromatic heterocycles. The van der Waals surface area contributed by atoms with Gasteiger partial charge in [-0.1, -0.05) is 6.07 Å². The number of hydrazine groups is 1.